The van der Waals surface area contributed by atoms with Crippen LogP contribution in [0.15, 0.2) is 66.9 Å². The maximum absolute atomic E-state index is 12.5. The molecule has 0 spiro atoms. The summed E-state index contributed by atoms with van der Waals surface area (Å²) < 4.78 is 57.5. The van der Waals surface area contributed by atoms with E-state index in [4.69, 9.17) is 14.2 Å². The number of carbonyl (C=O) groups excluding carboxylic acids is 1. The highest BCUT2D eigenvalue weighted by Gasteiger charge is 2.31. The van der Waals surface area contributed by atoms with Gasteiger partial charge in [-0.25, -0.2) is 9.78 Å². The quantitative estimate of drug-likeness (QED) is 0.331. The molecule has 2 N–H and O–H groups in total. The number of ether oxygens (including phenoxy) is 4. The van der Waals surface area contributed by atoms with Gasteiger partial charge in [-0.05, 0) is 49.4 Å². The van der Waals surface area contributed by atoms with Crippen LogP contribution in [-0.4, -0.2) is 37.7 Å². The number of hydrogen-bond donors (Lipinski definition) is 2. The fourth-order valence-corrected chi connectivity index (χ4v) is 3.00. The number of halogens is 3. The number of hydrogen-bond acceptors (Lipinski definition) is 6. The smallest absolute Gasteiger partial charge is 0.437 e. The van der Waals surface area contributed by atoms with E-state index in [1.807, 2.05) is 19.1 Å². The van der Waals surface area contributed by atoms with Crippen molar-refractivity contribution in [1.29, 1.82) is 0 Å². The van der Waals surface area contributed by atoms with E-state index in [-0.39, 0.29) is 23.4 Å². The van der Waals surface area contributed by atoms with Crippen LogP contribution < -0.4 is 20.1 Å². The number of anilines is 2. The van der Waals surface area contributed by atoms with Gasteiger partial charge in [-0.15, -0.1) is 13.2 Å². The van der Waals surface area contributed by atoms with Crippen molar-refractivity contribution in [2.24, 2.45) is 0 Å². The van der Waals surface area contributed by atoms with Gasteiger partial charge in [0.25, 0.3) is 0 Å². The number of rotatable bonds is 10. The second-order valence-corrected chi connectivity index (χ2v) is 7.15. The van der Waals surface area contributed by atoms with Crippen molar-refractivity contribution < 1.29 is 36.9 Å². The highest BCUT2D eigenvalue weighted by molar-refractivity contribution is 6.00. The zero-order valence-corrected chi connectivity index (χ0v) is 19.0. The molecule has 3 aromatic rings. The van der Waals surface area contributed by atoms with Crippen LogP contribution in [0.25, 0.3) is 0 Å². The van der Waals surface area contributed by atoms with E-state index in [1.54, 1.807) is 31.4 Å². The molecular weight excluding hydrogens is 467 g/mol. The van der Waals surface area contributed by atoms with E-state index in [1.165, 1.54) is 18.3 Å². The zero-order chi connectivity index (χ0) is 25.3. The number of nitrogens with zero attached hydrogens (tertiary/aromatic N) is 1. The summed E-state index contributed by atoms with van der Waals surface area (Å²) in [6, 6.07) is 14.6. The lowest BCUT2D eigenvalue weighted by Crippen LogP contribution is -2.20. The molecule has 0 radical (unpaired) electrons. The first kappa shape index (κ1) is 25.8. The van der Waals surface area contributed by atoms with Crippen molar-refractivity contribution in [1.82, 2.24) is 4.98 Å². The molecule has 0 saturated carbocycles. The molecule has 35 heavy (non-hydrogen) atoms. The Morgan fingerprint density at radius 2 is 1.74 bits per heavy atom. The summed E-state index contributed by atoms with van der Waals surface area (Å²) in [5.41, 5.74) is 1.33. The van der Waals surface area contributed by atoms with Crippen LogP contribution in [0.4, 0.5) is 29.3 Å². The minimum Gasteiger partial charge on any atom is -0.437 e. The normalized spacial score (nSPS) is 12.0. The lowest BCUT2D eigenvalue weighted by Gasteiger charge is -2.18. The van der Waals surface area contributed by atoms with Crippen LogP contribution in [0, 0.1) is 0 Å². The average molecular weight is 491 g/mol. The third-order valence-corrected chi connectivity index (χ3v) is 4.58. The fraction of sp³-hybridized carbons (Fsp3) is 0.250. The maximum atomic E-state index is 12.5. The van der Waals surface area contributed by atoms with Crippen molar-refractivity contribution in [2.75, 3.05) is 31.0 Å². The Hall–Kier alpha value is -3.83. The maximum Gasteiger partial charge on any atom is 0.573 e. The molecule has 186 valence electrons. The summed E-state index contributed by atoms with van der Waals surface area (Å²) in [6.07, 6.45) is -3.57. The van der Waals surface area contributed by atoms with Crippen molar-refractivity contribution in [3.05, 3.63) is 72.4 Å². The topological polar surface area (TPSA) is 90.9 Å². The summed E-state index contributed by atoms with van der Waals surface area (Å²) in [7, 11) is 1.59. The van der Waals surface area contributed by atoms with E-state index >= 15 is 0 Å². The van der Waals surface area contributed by atoms with E-state index in [0.717, 1.165) is 17.7 Å². The van der Waals surface area contributed by atoms with Gasteiger partial charge in [-0.3, -0.25) is 0 Å². The second kappa shape index (κ2) is 12.0. The van der Waals surface area contributed by atoms with Gasteiger partial charge in [0, 0.05) is 24.6 Å². The van der Waals surface area contributed by atoms with E-state index in [0.29, 0.717) is 19.0 Å². The Labute approximate surface area is 200 Å². The standard InChI is InChI=1S/C24H24F3N3O5/c1-16(33-15-14-32-2)19-6-3-4-8-21(19)34-22-20(7-5-13-28-22)30-23(31)29-17-9-11-18(12-10-17)35-24(25,26)27/h3-13,16H,14-15H2,1-2H3,(H2,29,30,31). The molecule has 0 saturated heterocycles. The van der Waals surface area contributed by atoms with Gasteiger partial charge in [0.15, 0.2) is 0 Å². The zero-order valence-electron chi connectivity index (χ0n) is 19.0. The predicted molar refractivity (Wildman–Crippen MR) is 123 cm³/mol. The molecule has 2 aromatic carbocycles. The van der Waals surface area contributed by atoms with Crippen LogP contribution in [0.5, 0.6) is 17.4 Å². The minimum atomic E-state index is -4.80. The monoisotopic (exact) mass is 491 g/mol. The minimum absolute atomic E-state index is 0.146. The van der Waals surface area contributed by atoms with Gasteiger partial charge in [0.05, 0.1) is 19.3 Å². The molecular formula is C24H24F3N3O5. The van der Waals surface area contributed by atoms with Gasteiger partial charge < -0.3 is 29.6 Å². The van der Waals surface area contributed by atoms with Crippen LogP contribution in [0.1, 0.15) is 18.6 Å². The van der Waals surface area contributed by atoms with Crippen LogP contribution >= 0.6 is 0 Å². The number of carbonyl (C=O) groups is 1. The first-order valence-electron chi connectivity index (χ1n) is 10.5. The Bertz CT molecular complexity index is 1110. The molecule has 8 nitrogen and oxygen atoms in total. The van der Waals surface area contributed by atoms with Crippen LogP contribution in [0.3, 0.4) is 0 Å². The molecule has 0 fully saturated rings. The lowest BCUT2D eigenvalue weighted by molar-refractivity contribution is -0.274. The summed E-state index contributed by atoms with van der Waals surface area (Å²) in [5.74, 6) is 0.249. The van der Waals surface area contributed by atoms with Crippen molar-refractivity contribution in [3.8, 4) is 17.4 Å². The lowest BCUT2D eigenvalue weighted by atomic mass is 10.1. The summed E-state index contributed by atoms with van der Waals surface area (Å²) >= 11 is 0. The van der Waals surface area contributed by atoms with Crippen LogP contribution in [-0.2, 0) is 9.47 Å². The molecule has 0 aliphatic rings. The average Bonchev–Trinajstić information content (AvgIpc) is 2.81. The predicted octanol–water partition coefficient (Wildman–Crippen LogP) is 6.14. The number of nitrogens with one attached hydrogen (secondary N) is 2. The van der Waals surface area contributed by atoms with E-state index in [2.05, 4.69) is 20.4 Å². The molecule has 11 heteroatoms. The van der Waals surface area contributed by atoms with E-state index in [9.17, 15) is 18.0 Å². The third-order valence-electron chi connectivity index (χ3n) is 4.58. The van der Waals surface area contributed by atoms with Crippen molar-refractivity contribution >= 4 is 17.4 Å². The van der Waals surface area contributed by atoms with Gasteiger partial charge in [-0.2, -0.15) is 0 Å². The van der Waals surface area contributed by atoms with Crippen molar-refractivity contribution in [3.63, 3.8) is 0 Å². The fourth-order valence-electron chi connectivity index (χ4n) is 3.00. The molecule has 1 heterocycles. The second-order valence-electron chi connectivity index (χ2n) is 7.15. The summed E-state index contributed by atoms with van der Waals surface area (Å²) in [6.45, 7) is 2.74. The van der Waals surface area contributed by atoms with Gasteiger partial charge >= 0.3 is 12.4 Å². The molecule has 0 bridgehead atoms. The number of benzene rings is 2. The molecule has 3 rings (SSSR count). The first-order chi connectivity index (χ1) is 16.7. The number of alkyl halides is 3. The molecule has 1 unspecified atom stereocenters. The SMILES string of the molecule is COCCOC(C)c1ccccc1Oc1ncccc1NC(=O)Nc1ccc(OC(F)(F)F)cc1. The molecule has 1 aromatic heterocycles. The largest absolute Gasteiger partial charge is 0.573 e. The number of amides is 2. The Morgan fingerprint density at radius 3 is 2.46 bits per heavy atom. The number of aromatic nitrogens is 1. The first-order valence-corrected chi connectivity index (χ1v) is 10.5. The molecule has 2 amide bonds. The summed E-state index contributed by atoms with van der Waals surface area (Å²) in [5, 5.41) is 5.15. The van der Waals surface area contributed by atoms with Gasteiger partial charge in [-0.1, -0.05) is 18.2 Å². The number of para-hydroxylation sites is 1. The number of urea groups is 1. The highest BCUT2D eigenvalue weighted by Crippen LogP contribution is 2.33. The Kier molecular flexibility index (Phi) is 8.87. The number of pyridine rings is 1. The Morgan fingerprint density at radius 1 is 1.00 bits per heavy atom. The molecule has 0 aliphatic heterocycles. The molecule has 0 aliphatic carbocycles. The highest BCUT2D eigenvalue weighted by atomic mass is 19.4. The summed E-state index contributed by atoms with van der Waals surface area (Å²) in [4.78, 5) is 16.7. The van der Waals surface area contributed by atoms with Crippen LogP contribution in [0.2, 0.25) is 0 Å². The van der Waals surface area contributed by atoms with Crippen molar-refractivity contribution in [2.45, 2.75) is 19.4 Å². The van der Waals surface area contributed by atoms with E-state index < -0.39 is 18.1 Å². The van der Waals surface area contributed by atoms with Gasteiger partial charge in [0.2, 0.25) is 5.88 Å². The molecule has 1 atom stereocenters. The number of methoxy groups -OCH3 is 1. The Balaban J connectivity index is 1.67. The van der Waals surface area contributed by atoms with Gasteiger partial charge in [0.1, 0.15) is 17.2 Å². The third kappa shape index (κ3) is 8.16.